The number of nitrogens with zero attached hydrogens (tertiary/aromatic N) is 3. The van der Waals surface area contributed by atoms with Crippen molar-refractivity contribution in [2.24, 2.45) is 10.2 Å². The van der Waals surface area contributed by atoms with Crippen molar-refractivity contribution in [2.45, 2.75) is 25.8 Å². The molecular weight excluding hydrogens is 428 g/mol. The van der Waals surface area contributed by atoms with Gasteiger partial charge in [0.25, 0.3) is 5.91 Å². The molecule has 0 spiro atoms. The number of rotatable bonds is 10. The number of benzene rings is 3. The van der Waals surface area contributed by atoms with Crippen LogP contribution >= 0.6 is 0 Å². The third-order valence-corrected chi connectivity index (χ3v) is 5.21. The fourth-order valence-electron chi connectivity index (χ4n) is 3.29. The molecule has 3 rings (SSSR count). The highest BCUT2D eigenvalue weighted by Gasteiger charge is 2.15. The molecule has 0 aliphatic heterocycles. The zero-order valence-corrected chi connectivity index (χ0v) is 19.8. The second-order valence-electron chi connectivity index (χ2n) is 8.20. The van der Waals surface area contributed by atoms with Crippen LogP contribution in [-0.4, -0.2) is 38.6 Å². The molecule has 7 heteroatoms. The van der Waals surface area contributed by atoms with Crippen molar-refractivity contribution in [2.75, 3.05) is 25.6 Å². The van der Waals surface area contributed by atoms with Crippen LogP contribution in [0.5, 0.6) is 0 Å². The summed E-state index contributed by atoms with van der Waals surface area (Å²) in [5, 5.41) is 11.3. The second kappa shape index (κ2) is 12.3. The Morgan fingerprint density at radius 1 is 0.912 bits per heavy atom. The highest BCUT2D eigenvalue weighted by molar-refractivity contribution is 5.96. The van der Waals surface area contributed by atoms with Crippen LogP contribution in [0.1, 0.15) is 29.3 Å². The minimum Gasteiger partial charge on any atom is -0.452 e. The first kappa shape index (κ1) is 24.6. The van der Waals surface area contributed by atoms with Gasteiger partial charge in [-0.25, -0.2) is 4.79 Å². The van der Waals surface area contributed by atoms with E-state index in [0.717, 1.165) is 18.5 Å². The molecule has 0 saturated heterocycles. The fourth-order valence-corrected chi connectivity index (χ4v) is 3.29. The van der Waals surface area contributed by atoms with Crippen LogP contribution in [-0.2, 0) is 16.0 Å². The first-order valence-corrected chi connectivity index (χ1v) is 11.2. The Balaban J connectivity index is 1.52. The van der Waals surface area contributed by atoms with E-state index in [1.165, 1.54) is 5.56 Å². The summed E-state index contributed by atoms with van der Waals surface area (Å²) in [5.41, 5.74) is 3.56. The summed E-state index contributed by atoms with van der Waals surface area (Å²) in [6.45, 7) is 1.58. The molecule has 3 aromatic rings. The van der Waals surface area contributed by atoms with Gasteiger partial charge in [0, 0.05) is 25.8 Å². The lowest BCUT2D eigenvalue weighted by Crippen LogP contribution is -2.36. The number of azo groups is 1. The van der Waals surface area contributed by atoms with Crippen molar-refractivity contribution >= 4 is 28.9 Å². The summed E-state index contributed by atoms with van der Waals surface area (Å²) in [4.78, 5) is 26.8. The van der Waals surface area contributed by atoms with Crippen LogP contribution in [0.4, 0.5) is 17.1 Å². The molecule has 0 aliphatic carbocycles. The quantitative estimate of drug-likeness (QED) is 0.323. The number of ether oxygens (including phenoxy) is 1. The van der Waals surface area contributed by atoms with Gasteiger partial charge < -0.3 is 15.0 Å². The summed E-state index contributed by atoms with van der Waals surface area (Å²) in [6.07, 6.45) is 1.65. The summed E-state index contributed by atoms with van der Waals surface area (Å²) in [5.74, 6) is -0.960. The standard InChI is InChI=1S/C27H30N4O3/c1-20(13-14-21-9-5-4-6-10-21)28-26(32)19-34-27(33)24-11-7-8-12-25(24)30-29-22-15-17-23(18-16-22)31(2)3/h4-12,15-18,20H,13-14,19H2,1-3H3,(H,28,32)/t20-/m0/s1. The van der Waals surface area contributed by atoms with Crippen LogP contribution in [0.15, 0.2) is 89.1 Å². The van der Waals surface area contributed by atoms with Crippen molar-refractivity contribution in [3.8, 4) is 0 Å². The van der Waals surface area contributed by atoms with E-state index in [1.807, 2.05) is 68.4 Å². The molecule has 0 heterocycles. The molecule has 0 bridgehead atoms. The second-order valence-corrected chi connectivity index (χ2v) is 8.20. The van der Waals surface area contributed by atoms with Gasteiger partial charge in [-0.1, -0.05) is 42.5 Å². The predicted octanol–water partition coefficient (Wildman–Crippen LogP) is 5.46. The van der Waals surface area contributed by atoms with Gasteiger partial charge in [-0.2, -0.15) is 5.11 Å². The Labute approximate surface area is 200 Å². The number of amides is 1. The summed E-state index contributed by atoms with van der Waals surface area (Å²) < 4.78 is 5.23. The molecule has 7 nitrogen and oxygen atoms in total. The van der Waals surface area contributed by atoms with E-state index >= 15 is 0 Å². The van der Waals surface area contributed by atoms with Crippen molar-refractivity contribution in [3.63, 3.8) is 0 Å². The smallest absolute Gasteiger partial charge is 0.340 e. The third-order valence-electron chi connectivity index (χ3n) is 5.21. The molecule has 0 unspecified atom stereocenters. The van der Waals surface area contributed by atoms with Crippen LogP contribution in [0.25, 0.3) is 0 Å². The number of anilines is 1. The van der Waals surface area contributed by atoms with Gasteiger partial charge in [-0.3, -0.25) is 4.79 Å². The molecule has 3 aromatic carbocycles. The number of hydrogen-bond acceptors (Lipinski definition) is 6. The summed E-state index contributed by atoms with van der Waals surface area (Å²) >= 11 is 0. The molecule has 1 N–H and O–H groups in total. The van der Waals surface area contributed by atoms with E-state index in [9.17, 15) is 9.59 Å². The molecule has 0 saturated carbocycles. The van der Waals surface area contributed by atoms with Crippen molar-refractivity contribution in [1.82, 2.24) is 5.32 Å². The van der Waals surface area contributed by atoms with Gasteiger partial charge in [0.1, 0.15) is 5.69 Å². The molecular formula is C27H30N4O3. The van der Waals surface area contributed by atoms with Gasteiger partial charge in [0.15, 0.2) is 6.61 Å². The lowest BCUT2D eigenvalue weighted by atomic mass is 10.1. The maximum absolute atomic E-state index is 12.6. The van der Waals surface area contributed by atoms with E-state index in [0.29, 0.717) is 11.4 Å². The first-order valence-electron chi connectivity index (χ1n) is 11.2. The van der Waals surface area contributed by atoms with E-state index in [1.54, 1.807) is 24.3 Å². The Morgan fingerprint density at radius 3 is 2.29 bits per heavy atom. The molecule has 0 aliphatic rings. The first-order chi connectivity index (χ1) is 16.4. The lowest BCUT2D eigenvalue weighted by Gasteiger charge is -2.14. The monoisotopic (exact) mass is 458 g/mol. The minimum absolute atomic E-state index is 0.0358. The van der Waals surface area contributed by atoms with Gasteiger partial charge in [-0.15, -0.1) is 5.11 Å². The van der Waals surface area contributed by atoms with Crippen LogP contribution in [0.2, 0.25) is 0 Å². The molecule has 0 fully saturated rings. The normalized spacial score (nSPS) is 11.7. The maximum atomic E-state index is 12.6. The van der Waals surface area contributed by atoms with Crippen molar-refractivity contribution in [1.29, 1.82) is 0 Å². The molecule has 0 aromatic heterocycles. The summed E-state index contributed by atoms with van der Waals surface area (Å²) in [6, 6.07) is 24.4. The topological polar surface area (TPSA) is 83.4 Å². The van der Waals surface area contributed by atoms with Gasteiger partial charge in [0.05, 0.1) is 11.3 Å². The number of carbonyl (C=O) groups is 2. The van der Waals surface area contributed by atoms with E-state index in [4.69, 9.17) is 4.74 Å². The average molecular weight is 459 g/mol. The number of nitrogens with one attached hydrogen (secondary N) is 1. The third kappa shape index (κ3) is 7.55. The van der Waals surface area contributed by atoms with Crippen LogP contribution in [0, 0.1) is 0 Å². The fraction of sp³-hybridized carbons (Fsp3) is 0.259. The summed E-state index contributed by atoms with van der Waals surface area (Å²) in [7, 11) is 3.92. The van der Waals surface area contributed by atoms with Crippen LogP contribution < -0.4 is 10.2 Å². The average Bonchev–Trinajstić information content (AvgIpc) is 2.86. The Morgan fingerprint density at radius 2 is 1.59 bits per heavy atom. The Kier molecular flexibility index (Phi) is 8.91. The SMILES string of the molecule is C[C@@H](CCc1ccccc1)NC(=O)COC(=O)c1ccccc1N=Nc1ccc(N(C)C)cc1. The lowest BCUT2D eigenvalue weighted by molar-refractivity contribution is -0.124. The Hall–Kier alpha value is -4.00. The number of esters is 1. The zero-order chi connectivity index (χ0) is 24.3. The van der Waals surface area contributed by atoms with Gasteiger partial charge in [-0.05, 0) is 61.7 Å². The highest BCUT2D eigenvalue weighted by atomic mass is 16.5. The van der Waals surface area contributed by atoms with Gasteiger partial charge in [0.2, 0.25) is 0 Å². The number of carbonyl (C=O) groups excluding carboxylic acids is 2. The maximum Gasteiger partial charge on any atom is 0.340 e. The Bertz CT molecular complexity index is 1110. The highest BCUT2D eigenvalue weighted by Crippen LogP contribution is 2.24. The molecule has 1 amide bonds. The molecule has 176 valence electrons. The predicted molar refractivity (Wildman–Crippen MR) is 134 cm³/mol. The number of aryl methyl sites for hydroxylation is 1. The van der Waals surface area contributed by atoms with E-state index < -0.39 is 5.97 Å². The largest absolute Gasteiger partial charge is 0.452 e. The molecule has 0 radical (unpaired) electrons. The zero-order valence-electron chi connectivity index (χ0n) is 19.8. The van der Waals surface area contributed by atoms with Gasteiger partial charge >= 0.3 is 5.97 Å². The van der Waals surface area contributed by atoms with Crippen molar-refractivity contribution < 1.29 is 14.3 Å². The molecule has 1 atom stereocenters. The minimum atomic E-state index is -0.621. The van der Waals surface area contributed by atoms with E-state index in [-0.39, 0.29) is 24.1 Å². The van der Waals surface area contributed by atoms with Crippen molar-refractivity contribution in [3.05, 3.63) is 90.0 Å². The molecule has 34 heavy (non-hydrogen) atoms. The van der Waals surface area contributed by atoms with E-state index in [2.05, 4.69) is 27.7 Å². The van der Waals surface area contributed by atoms with Crippen LogP contribution in [0.3, 0.4) is 0 Å². The number of hydrogen-bond donors (Lipinski definition) is 1.